The van der Waals surface area contributed by atoms with Crippen molar-refractivity contribution >= 4 is 29.6 Å². The first-order valence-electron chi connectivity index (χ1n) is 8.66. The van der Waals surface area contributed by atoms with Crippen LogP contribution in [-0.4, -0.2) is 38.3 Å². The largest absolute Gasteiger partial charge is 0.487 e. The minimum absolute atomic E-state index is 0.351. The van der Waals surface area contributed by atoms with Crippen LogP contribution in [0.3, 0.4) is 0 Å². The summed E-state index contributed by atoms with van der Waals surface area (Å²) in [5.41, 5.74) is 3.85. The predicted octanol–water partition coefficient (Wildman–Crippen LogP) is 2.52. The third-order valence-electron chi connectivity index (χ3n) is 3.59. The maximum absolute atomic E-state index is 11.6. The average molecular weight is 404 g/mol. The molecule has 0 bridgehead atoms. The van der Waals surface area contributed by atoms with Gasteiger partial charge >= 0.3 is 11.8 Å². The van der Waals surface area contributed by atoms with Crippen molar-refractivity contribution in [1.82, 2.24) is 10.7 Å². The predicted molar refractivity (Wildman–Crippen MR) is 107 cm³/mol. The van der Waals surface area contributed by atoms with Gasteiger partial charge in [0, 0.05) is 20.3 Å². The summed E-state index contributed by atoms with van der Waals surface area (Å²) in [6.45, 7) is 1.26. The highest BCUT2D eigenvalue weighted by Gasteiger charge is 2.11. The Hall–Kier alpha value is -2.90. The molecule has 0 saturated heterocycles. The zero-order chi connectivity index (χ0) is 20.2. The van der Waals surface area contributed by atoms with Crippen LogP contribution in [0.4, 0.5) is 0 Å². The highest BCUT2D eigenvalue weighted by atomic mass is 35.5. The van der Waals surface area contributed by atoms with E-state index in [9.17, 15) is 9.59 Å². The third kappa shape index (κ3) is 7.38. The maximum Gasteiger partial charge on any atom is 0.329 e. The Balaban J connectivity index is 1.81. The molecule has 0 fully saturated rings. The van der Waals surface area contributed by atoms with Crippen molar-refractivity contribution in [3.63, 3.8) is 0 Å². The van der Waals surface area contributed by atoms with E-state index in [0.717, 1.165) is 5.56 Å². The minimum Gasteiger partial charge on any atom is -0.487 e. The van der Waals surface area contributed by atoms with Gasteiger partial charge in [0.05, 0.1) is 11.2 Å². The Bertz CT molecular complexity index is 812. The molecule has 2 aromatic rings. The Morgan fingerprint density at radius 2 is 1.93 bits per heavy atom. The SMILES string of the molecule is COCCCNC(=O)C(=O)N/N=C\c1ccc(OCc2ccccc2)c(Cl)c1. The average Bonchev–Trinajstić information content (AvgIpc) is 2.71. The van der Waals surface area contributed by atoms with Gasteiger partial charge in [-0.25, -0.2) is 5.43 Å². The molecule has 0 unspecified atom stereocenters. The van der Waals surface area contributed by atoms with Gasteiger partial charge in [0.1, 0.15) is 12.4 Å². The number of hydrogen-bond acceptors (Lipinski definition) is 5. The minimum atomic E-state index is -0.845. The van der Waals surface area contributed by atoms with E-state index in [-0.39, 0.29) is 0 Å². The Labute approximate surface area is 168 Å². The number of benzene rings is 2. The molecule has 148 valence electrons. The number of halogens is 1. The molecule has 0 aromatic heterocycles. The van der Waals surface area contributed by atoms with Crippen LogP contribution >= 0.6 is 11.6 Å². The van der Waals surface area contributed by atoms with E-state index in [2.05, 4.69) is 15.8 Å². The summed E-state index contributed by atoms with van der Waals surface area (Å²) < 4.78 is 10.6. The molecule has 2 rings (SSSR count). The van der Waals surface area contributed by atoms with E-state index in [0.29, 0.717) is 42.5 Å². The van der Waals surface area contributed by atoms with E-state index < -0.39 is 11.8 Å². The van der Waals surface area contributed by atoms with Gasteiger partial charge in [-0.05, 0) is 35.7 Å². The number of ether oxygens (including phenoxy) is 2. The van der Waals surface area contributed by atoms with Gasteiger partial charge in [-0.2, -0.15) is 5.10 Å². The number of carbonyl (C=O) groups is 2. The third-order valence-corrected chi connectivity index (χ3v) is 3.89. The quantitative estimate of drug-likeness (QED) is 0.291. The van der Waals surface area contributed by atoms with E-state index in [4.69, 9.17) is 21.1 Å². The van der Waals surface area contributed by atoms with Gasteiger partial charge in [-0.15, -0.1) is 0 Å². The molecule has 0 aliphatic heterocycles. The van der Waals surface area contributed by atoms with Crippen molar-refractivity contribution in [3.05, 3.63) is 64.7 Å². The highest BCUT2D eigenvalue weighted by Crippen LogP contribution is 2.25. The van der Waals surface area contributed by atoms with Crippen LogP contribution in [0, 0.1) is 0 Å². The Morgan fingerprint density at radius 1 is 1.14 bits per heavy atom. The first-order valence-corrected chi connectivity index (χ1v) is 9.04. The normalized spacial score (nSPS) is 10.6. The van der Waals surface area contributed by atoms with Crippen molar-refractivity contribution in [2.75, 3.05) is 20.3 Å². The van der Waals surface area contributed by atoms with Gasteiger partial charge in [0.15, 0.2) is 0 Å². The molecule has 0 radical (unpaired) electrons. The fraction of sp³-hybridized carbons (Fsp3) is 0.250. The lowest BCUT2D eigenvalue weighted by atomic mass is 10.2. The lowest BCUT2D eigenvalue weighted by Crippen LogP contribution is -2.38. The topological polar surface area (TPSA) is 89.0 Å². The second-order valence-electron chi connectivity index (χ2n) is 5.77. The molecule has 2 amide bonds. The van der Waals surface area contributed by atoms with Crippen molar-refractivity contribution in [2.45, 2.75) is 13.0 Å². The second-order valence-corrected chi connectivity index (χ2v) is 6.17. The molecule has 2 N–H and O–H groups in total. The number of nitrogens with one attached hydrogen (secondary N) is 2. The van der Waals surface area contributed by atoms with Crippen LogP contribution in [0.1, 0.15) is 17.5 Å². The van der Waals surface area contributed by atoms with E-state index in [1.165, 1.54) is 6.21 Å². The van der Waals surface area contributed by atoms with E-state index in [1.807, 2.05) is 30.3 Å². The molecule has 8 heteroatoms. The van der Waals surface area contributed by atoms with E-state index in [1.54, 1.807) is 25.3 Å². The second kappa shape index (κ2) is 11.7. The number of rotatable bonds is 9. The van der Waals surface area contributed by atoms with Gasteiger partial charge in [0.25, 0.3) is 0 Å². The van der Waals surface area contributed by atoms with Gasteiger partial charge in [-0.1, -0.05) is 41.9 Å². The number of carbonyl (C=O) groups excluding carboxylic acids is 2. The number of amides is 2. The lowest BCUT2D eigenvalue weighted by Gasteiger charge is -2.08. The molecule has 0 saturated carbocycles. The van der Waals surface area contributed by atoms with Crippen molar-refractivity contribution in [3.8, 4) is 5.75 Å². The summed E-state index contributed by atoms with van der Waals surface area (Å²) in [4.78, 5) is 23.2. The number of nitrogens with zero attached hydrogens (tertiary/aromatic N) is 1. The molecule has 0 aliphatic carbocycles. The Morgan fingerprint density at radius 3 is 2.64 bits per heavy atom. The summed E-state index contributed by atoms with van der Waals surface area (Å²) >= 11 is 6.22. The van der Waals surface area contributed by atoms with Crippen LogP contribution in [0.2, 0.25) is 5.02 Å². The number of hydrogen-bond donors (Lipinski definition) is 2. The van der Waals surface area contributed by atoms with Crippen molar-refractivity contribution in [2.24, 2.45) is 5.10 Å². The smallest absolute Gasteiger partial charge is 0.329 e. The molecule has 28 heavy (non-hydrogen) atoms. The van der Waals surface area contributed by atoms with Crippen molar-refractivity contribution in [1.29, 1.82) is 0 Å². The molecule has 7 nitrogen and oxygen atoms in total. The molecular formula is C20H22ClN3O4. The van der Waals surface area contributed by atoms with Gasteiger partial charge < -0.3 is 14.8 Å². The maximum atomic E-state index is 11.6. The summed E-state index contributed by atoms with van der Waals surface area (Å²) in [6, 6.07) is 14.9. The first-order chi connectivity index (χ1) is 13.6. The number of methoxy groups -OCH3 is 1. The van der Waals surface area contributed by atoms with Crippen LogP contribution in [0.15, 0.2) is 53.6 Å². The van der Waals surface area contributed by atoms with Crippen LogP contribution in [-0.2, 0) is 20.9 Å². The van der Waals surface area contributed by atoms with Crippen LogP contribution in [0.5, 0.6) is 5.75 Å². The molecule has 0 heterocycles. The molecule has 0 atom stereocenters. The van der Waals surface area contributed by atoms with Gasteiger partial charge in [-0.3, -0.25) is 9.59 Å². The zero-order valence-electron chi connectivity index (χ0n) is 15.5. The van der Waals surface area contributed by atoms with Crippen LogP contribution in [0.25, 0.3) is 0 Å². The molecular weight excluding hydrogens is 382 g/mol. The number of hydrazone groups is 1. The summed E-state index contributed by atoms with van der Waals surface area (Å²) in [7, 11) is 1.57. The van der Waals surface area contributed by atoms with Crippen LogP contribution < -0.4 is 15.5 Å². The highest BCUT2D eigenvalue weighted by molar-refractivity contribution is 6.35. The molecule has 2 aromatic carbocycles. The molecule has 0 spiro atoms. The lowest BCUT2D eigenvalue weighted by molar-refractivity contribution is -0.139. The van der Waals surface area contributed by atoms with Gasteiger partial charge in [0.2, 0.25) is 0 Å². The zero-order valence-corrected chi connectivity index (χ0v) is 16.2. The fourth-order valence-electron chi connectivity index (χ4n) is 2.16. The van der Waals surface area contributed by atoms with E-state index >= 15 is 0 Å². The monoisotopic (exact) mass is 403 g/mol. The molecule has 0 aliphatic rings. The standard InChI is InChI=1S/C20H22ClN3O4/c1-27-11-5-10-22-19(25)20(26)24-23-13-16-8-9-18(17(21)12-16)28-14-15-6-3-2-4-7-15/h2-4,6-9,12-13H,5,10-11,14H2,1H3,(H,22,25)(H,24,26)/b23-13-. The van der Waals surface area contributed by atoms with Crippen molar-refractivity contribution < 1.29 is 19.1 Å². The Kier molecular flexibility index (Phi) is 8.97. The summed E-state index contributed by atoms with van der Waals surface area (Å²) in [6.07, 6.45) is 2.01. The summed E-state index contributed by atoms with van der Waals surface area (Å²) in [5.74, 6) is -1.05. The summed E-state index contributed by atoms with van der Waals surface area (Å²) in [5, 5.41) is 6.65. The fourth-order valence-corrected chi connectivity index (χ4v) is 2.41. The first kappa shape index (κ1) is 21.4.